The second-order valence-corrected chi connectivity index (χ2v) is 5.29. The number of carboxylic acid groups (broad SMARTS) is 1. The smallest absolute Gasteiger partial charge is 0.328 e. The summed E-state index contributed by atoms with van der Waals surface area (Å²) in [7, 11) is 0. The molecule has 2 rings (SSSR count). The maximum absolute atomic E-state index is 12.1. The van der Waals surface area contributed by atoms with Gasteiger partial charge in [0.05, 0.1) is 12.1 Å². The highest BCUT2D eigenvalue weighted by Crippen LogP contribution is 2.18. The summed E-state index contributed by atoms with van der Waals surface area (Å²) >= 11 is 1.47. The van der Waals surface area contributed by atoms with Crippen molar-refractivity contribution in [3.8, 4) is 0 Å². The lowest BCUT2D eigenvalue weighted by atomic mass is 10.2. The molecule has 21 heavy (non-hydrogen) atoms. The maximum atomic E-state index is 12.1. The number of thiophene rings is 1. The van der Waals surface area contributed by atoms with Crippen molar-refractivity contribution in [2.45, 2.75) is 13.5 Å². The van der Waals surface area contributed by atoms with E-state index in [9.17, 15) is 9.59 Å². The molecule has 2 aromatic rings. The van der Waals surface area contributed by atoms with Crippen molar-refractivity contribution in [3.05, 3.63) is 57.6 Å². The number of nitrogens with one attached hydrogen (secondary N) is 1. The molecule has 108 valence electrons. The molecule has 5 nitrogen and oxygen atoms in total. The summed E-state index contributed by atoms with van der Waals surface area (Å²) in [6, 6.07) is 5.26. The van der Waals surface area contributed by atoms with Crippen molar-refractivity contribution in [2.75, 3.05) is 0 Å². The van der Waals surface area contributed by atoms with Gasteiger partial charge in [-0.05, 0) is 42.1 Å². The number of carboxylic acids is 1. The van der Waals surface area contributed by atoms with E-state index >= 15 is 0 Å². The minimum Gasteiger partial charge on any atom is -0.478 e. The van der Waals surface area contributed by atoms with Crippen LogP contribution in [0.3, 0.4) is 0 Å². The monoisotopic (exact) mass is 302 g/mol. The highest BCUT2D eigenvalue weighted by Gasteiger charge is 2.10. The van der Waals surface area contributed by atoms with Crippen LogP contribution >= 0.6 is 11.3 Å². The van der Waals surface area contributed by atoms with Gasteiger partial charge in [0.1, 0.15) is 0 Å². The Morgan fingerprint density at radius 3 is 2.95 bits per heavy atom. The number of pyridine rings is 1. The summed E-state index contributed by atoms with van der Waals surface area (Å²) in [5.41, 5.74) is 2.01. The molecular weight excluding hydrogens is 288 g/mol. The molecule has 0 saturated heterocycles. The van der Waals surface area contributed by atoms with Crippen LogP contribution in [0.1, 0.15) is 26.5 Å². The van der Waals surface area contributed by atoms with Gasteiger partial charge in [0, 0.05) is 22.8 Å². The number of hydrogen-bond acceptors (Lipinski definition) is 4. The van der Waals surface area contributed by atoms with E-state index in [2.05, 4.69) is 10.3 Å². The van der Waals surface area contributed by atoms with Crippen LogP contribution in [0.5, 0.6) is 0 Å². The molecule has 0 aliphatic carbocycles. The lowest BCUT2D eigenvalue weighted by Crippen LogP contribution is -2.23. The summed E-state index contributed by atoms with van der Waals surface area (Å²) in [6.45, 7) is 2.13. The zero-order valence-corrected chi connectivity index (χ0v) is 12.2. The molecule has 0 saturated carbocycles. The Balaban J connectivity index is 2.04. The zero-order chi connectivity index (χ0) is 15.2. The van der Waals surface area contributed by atoms with E-state index in [1.165, 1.54) is 17.4 Å². The topological polar surface area (TPSA) is 79.3 Å². The largest absolute Gasteiger partial charge is 0.478 e. The molecule has 0 radical (unpaired) electrons. The van der Waals surface area contributed by atoms with Crippen LogP contribution in [0, 0.1) is 6.92 Å². The number of aromatic nitrogens is 1. The van der Waals surface area contributed by atoms with Crippen LogP contribution in [-0.4, -0.2) is 22.0 Å². The predicted molar refractivity (Wildman–Crippen MR) is 81.1 cm³/mol. The molecule has 0 atom stereocenters. The fourth-order valence-corrected chi connectivity index (χ4v) is 2.59. The Bertz CT molecular complexity index is 692. The third kappa shape index (κ3) is 4.00. The van der Waals surface area contributed by atoms with E-state index in [4.69, 9.17) is 5.11 Å². The normalized spacial score (nSPS) is 10.7. The van der Waals surface area contributed by atoms with Crippen molar-refractivity contribution >= 4 is 29.3 Å². The van der Waals surface area contributed by atoms with Gasteiger partial charge in [0.15, 0.2) is 0 Å². The molecule has 6 heteroatoms. The summed E-state index contributed by atoms with van der Waals surface area (Å²) in [6.07, 6.45) is 4.24. The quantitative estimate of drug-likeness (QED) is 0.832. The van der Waals surface area contributed by atoms with E-state index in [0.717, 1.165) is 16.5 Å². The SMILES string of the molecule is Cc1ncccc1C(=O)NCc1sccc1/C=C/C(=O)O. The molecule has 1 amide bonds. The molecule has 0 spiro atoms. The molecule has 0 aliphatic heterocycles. The Hall–Kier alpha value is -2.47. The number of hydrogen-bond donors (Lipinski definition) is 2. The van der Waals surface area contributed by atoms with Crippen LogP contribution < -0.4 is 5.32 Å². The number of carbonyl (C=O) groups is 2. The third-order valence-corrected chi connectivity index (χ3v) is 3.78. The summed E-state index contributed by atoms with van der Waals surface area (Å²) in [4.78, 5) is 27.6. The van der Waals surface area contributed by atoms with Gasteiger partial charge in [-0.25, -0.2) is 4.79 Å². The lowest BCUT2D eigenvalue weighted by molar-refractivity contribution is -0.131. The summed E-state index contributed by atoms with van der Waals surface area (Å²) < 4.78 is 0. The first-order chi connectivity index (χ1) is 10.1. The van der Waals surface area contributed by atoms with Crippen molar-refractivity contribution in [2.24, 2.45) is 0 Å². The molecule has 0 unspecified atom stereocenters. The fraction of sp³-hybridized carbons (Fsp3) is 0.133. The van der Waals surface area contributed by atoms with E-state index in [-0.39, 0.29) is 5.91 Å². The van der Waals surface area contributed by atoms with E-state index < -0.39 is 5.97 Å². The Labute approximate surface area is 126 Å². The summed E-state index contributed by atoms with van der Waals surface area (Å²) in [5.74, 6) is -1.19. The highest BCUT2D eigenvalue weighted by atomic mass is 32.1. The number of carbonyl (C=O) groups excluding carboxylic acids is 1. The minimum absolute atomic E-state index is 0.192. The molecule has 0 fully saturated rings. The number of aryl methyl sites for hydroxylation is 1. The van der Waals surface area contributed by atoms with Gasteiger partial charge in [0.25, 0.3) is 5.91 Å². The van der Waals surface area contributed by atoms with Gasteiger partial charge in [-0.3, -0.25) is 9.78 Å². The molecule has 0 aromatic carbocycles. The van der Waals surface area contributed by atoms with E-state index in [1.807, 2.05) is 11.4 Å². The van der Waals surface area contributed by atoms with Crippen molar-refractivity contribution in [3.63, 3.8) is 0 Å². The average Bonchev–Trinajstić information content (AvgIpc) is 2.90. The Kier molecular flexibility index (Phi) is 4.84. The highest BCUT2D eigenvalue weighted by molar-refractivity contribution is 7.10. The molecule has 2 N–H and O–H groups in total. The van der Waals surface area contributed by atoms with Crippen molar-refractivity contribution < 1.29 is 14.7 Å². The van der Waals surface area contributed by atoms with Crippen LogP contribution in [0.4, 0.5) is 0 Å². The third-order valence-electron chi connectivity index (χ3n) is 2.85. The second kappa shape index (κ2) is 6.81. The van der Waals surface area contributed by atoms with Gasteiger partial charge in [-0.15, -0.1) is 11.3 Å². The second-order valence-electron chi connectivity index (χ2n) is 4.29. The van der Waals surface area contributed by atoms with E-state index in [1.54, 1.807) is 25.3 Å². The lowest BCUT2D eigenvalue weighted by Gasteiger charge is -2.06. The Morgan fingerprint density at radius 2 is 2.24 bits per heavy atom. The van der Waals surface area contributed by atoms with E-state index in [0.29, 0.717) is 17.8 Å². The average molecular weight is 302 g/mol. The molecule has 0 aliphatic rings. The van der Waals surface area contributed by atoms with Gasteiger partial charge in [-0.1, -0.05) is 0 Å². The molecule has 2 heterocycles. The molecule has 0 bridgehead atoms. The van der Waals surface area contributed by atoms with Gasteiger partial charge in [0.2, 0.25) is 0 Å². The van der Waals surface area contributed by atoms with Crippen molar-refractivity contribution in [1.82, 2.24) is 10.3 Å². The van der Waals surface area contributed by atoms with Gasteiger partial charge < -0.3 is 10.4 Å². The summed E-state index contributed by atoms with van der Waals surface area (Å²) in [5, 5.41) is 13.3. The van der Waals surface area contributed by atoms with Crippen LogP contribution in [0.15, 0.2) is 35.9 Å². The molecular formula is C15H14N2O3S. The number of rotatable bonds is 5. The zero-order valence-electron chi connectivity index (χ0n) is 11.4. The van der Waals surface area contributed by atoms with Crippen LogP contribution in [0.25, 0.3) is 6.08 Å². The fourth-order valence-electron chi connectivity index (χ4n) is 1.78. The predicted octanol–water partition coefficient (Wildman–Crippen LogP) is 2.48. The first-order valence-electron chi connectivity index (χ1n) is 6.25. The number of aliphatic carboxylic acids is 1. The maximum Gasteiger partial charge on any atom is 0.328 e. The number of nitrogens with zero attached hydrogens (tertiary/aromatic N) is 1. The number of amides is 1. The van der Waals surface area contributed by atoms with Crippen LogP contribution in [0.2, 0.25) is 0 Å². The van der Waals surface area contributed by atoms with Crippen LogP contribution in [-0.2, 0) is 11.3 Å². The Morgan fingerprint density at radius 1 is 1.43 bits per heavy atom. The first-order valence-corrected chi connectivity index (χ1v) is 7.13. The van der Waals surface area contributed by atoms with Gasteiger partial charge in [-0.2, -0.15) is 0 Å². The van der Waals surface area contributed by atoms with Gasteiger partial charge >= 0.3 is 5.97 Å². The first kappa shape index (κ1) is 14.9. The molecule has 2 aromatic heterocycles. The van der Waals surface area contributed by atoms with Crippen molar-refractivity contribution in [1.29, 1.82) is 0 Å². The standard InChI is InChI=1S/C15H14N2O3S/c1-10-12(3-2-7-16-10)15(20)17-9-13-11(6-8-21-13)4-5-14(18)19/h2-8H,9H2,1H3,(H,17,20)(H,18,19)/b5-4+. The minimum atomic E-state index is -0.998.